The van der Waals surface area contributed by atoms with Gasteiger partial charge in [0.25, 0.3) is 5.95 Å². The zero-order valence-corrected chi connectivity index (χ0v) is 22.5. The van der Waals surface area contributed by atoms with Gasteiger partial charge in [-0.3, -0.25) is 4.90 Å². The Morgan fingerprint density at radius 1 is 1.00 bits per heavy atom. The van der Waals surface area contributed by atoms with Gasteiger partial charge in [-0.2, -0.15) is 23.1 Å². The van der Waals surface area contributed by atoms with Crippen LogP contribution in [0, 0.1) is 0 Å². The molecule has 0 spiro atoms. The van der Waals surface area contributed by atoms with Gasteiger partial charge in [-0.1, -0.05) is 37.0 Å². The minimum Gasteiger partial charge on any atom is -0.494 e. The van der Waals surface area contributed by atoms with Crippen molar-refractivity contribution in [1.82, 2.24) is 14.9 Å². The van der Waals surface area contributed by atoms with Crippen molar-refractivity contribution in [2.75, 3.05) is 30.3 Å². The van der Waals surface area contributed by atoms with E-state index in [9.17, 15) is 13.2 Å². The molecule has 0 saturated heterocycles. The maximum Gasteiger partial charge on any atom is 0.433 e. The number of halogens is 5. The standard InChI is InChI=1S/C25H28Cl2F3N7O/c1-4-37(5-2)14-15-11-16(8-10-20(15)38-6-3)32-22-13-21(25(28,29)30)34-24(35-22)36-23(31)33-17-7-9-18(26)19(27)12-17/h7-13H,4-6,14H2,1-3H3,(H4,31,32,33,34,35,36). The number of hydrogen-bond acceptors (Lipinski definition) is 6. The average Bonchev–Trinajstić information content (AvgIpc) is 2.85. The predicted molar refractivity (Wildman–Crippen MR) is 146 cm³/mol. The number of ether oxygens (including phenoxy) is 1. The zero-order chi connectivity index (χ0) is 27.9. The van der Waals surface area contributed by atoms with E-state index in [0.717, 1.165) is 24.7 Å². The summed E-state index contributed by atoms with van der Waals surface area (Å²) in [6, 6.07) is 10.7. The molecule has 0 amide bonds. The van der Waals surface area contributed by atoms with Crippen LogP contribution in [0.5, 0.6) is 5.75 Å². The van der Waals surface area contributed by atoms with Crippen LogP contribution in [0.3, 0.4) is 0 Å². The van der Waals surface area contributed by atoms with Gasteiger partial charge < -0.3 is 21.1 Å². The lowest BCUT2D eigenvalue weighted by Crippen LogP contribution is -2.22. The quantitative estimate of drug-likeness (QED) is 0.181. The van der Waals surface area contributed by atoms with Crippen LogP contribution in [-0.4, -0.2) is 40.5 Å². The third-order valence-corrected chi connectivity index (χ3v) is 6.08. The number of guanidine groups is 1. The lowest BCUT2D eigenvalue weighted by Gasteiger charge is -2.21. The summed E-state index contributed by atoms with van der Waals surface area (Å²) in [4.78, 5) is 13.8. The second-order valence-electron chi connectivity index (χ2n) is 8.03. The fourth-order valence-corrected chi connectivity index (χ4v) is 3.76. The first-order chi connectivity index (χ1) is 18.0. The maximum atomic E-state index is 13.6. The molecule has 204 valence electrons. The number of alkyl halides is 3. The summed E-state index contributed by atoms with van der Waals surface area (Å²) in [6.07, 6.45) is -4.73. The van der Waals surface area contributed by atoms with Crippen LogP contribution in [-0.2, 0) is 12.7 Å². The minimum absolute atomic E-state index is 0.105. The molecule has 0 radical (unpaired) electrons. The minimum atomic E-state index is -4.73. The highest BCUT2D eigenvalue weighted by Gasteiger charge is 2.34. The summed E-state index contributed by atoms with van der Waals surface area (Å²) in [7, 11) is 0. The van der Waals surface area contributed by atoms with Crippen molar-refractivity contribution in [3.8, 4) is 5.75 Å². The first kappa shape index (κ1) is 29.3. The smallest absolute Gasteiger partial charge is 0.433 e. The highest BCUT2D eigenvalue weighted by atomic mass is 35.5. The van der Waals surface area contributed by atoms with Crippen molar-refractivity contribution in [1.29, 1.82) is 0 Å². The Morgan fingerprint density at radius 3 is 2.34 bits per heavy atom. The number of aromatic nitrogens is 2. The summed E-state index contributed by atoms with van der Waals surface area (Å²) in [6.45, 7) is 8.75. The largest absolute Gasteiger partial charge is 0.494 e. The van der Waals surface area contributed by atoms with Crippen molar-refractivity contribution >= 4 is 52.3 Å². The lowest BCUT2D eigenvalue weighted by atomic mass is 10.1. The molecule has 0 bridgehead atoms. The Labute approximate surface area is 229 Å². The number of nitrogens with one attached hydrogen (secondary N) is 2. The molecule has 3 rings (SSSR count). The maximum absolute atomic E-state index is 13.6. The highest BCUT2D eigenvalue weighted by molar-refractivity contribution is 6.42. The normalized spacial score (nSPS) is 12.1. The number of hydrogen-bond donors (Lipinski definition) is 3. The second-order valence-corrected chi connectivity index (χ2v) is 8.84. The molecule has 0 aliphatic rings. The summed E-state index contributed by atoms with van der Waals surface area (Å²) >= 11 is 11.9. The van der Waals surface area contributed by atoms with Crippen LogP contribution < -0.4 is 21.1 Å². The van der Waals surface area contributed by atoms with Gasteiger partial charge in [0.2, 0.25) is 5.96 Å². The summed E-state index contributed by atoms with van der Waals surface area (Å²) < 4.78 is 46.6. The summed E-state index contributed by atoms with van der Waals surface area (Å²) in [5, 5.41) is 6.25. The number of nitrogens with zero attached hydrogens (tertiary/aromatic N) is 4. The Bertz CT molecular complexity index is 1280. The van der Waals surface area contributed by atoms with E-state index >= 15 is 0 Å². The second kappa shape index (κ2) is 13.0. The van der Waals surface area contributed by atoms with Crippen LogP contribution in [0.15, 0.2) is 47.5 Å². The van der Waals surface area contributed by atoms with E-state index < -0.39 is 17.8 Å². The molecule has 13 heteroatoms. The van der Waals surface area contributed by atoms with Gasteiger partial charge in [-0.05, 0) is 56.4 Å². The van der Waals surface area contributed by atoms with Crippen LogP contribution in [0.25, 0.3) is 0 Å². The SMILES string of the molecule is CCOc1ccc(Nc2cc(C(F)(F)F)nc(N=C(N)Nc3ccc(Cl)c(Cl)c3)n2)cc1CN(CC)CC. The molecular formula is C25H28Cl2F3N7O. The van der Waals surface area contributed by atoms with Crippen molar-refractivity contribution in [2.45, 2.75) is 33.5 Å². The molecule has 0 aliphatic carbocycles. The molecule has 0 unspecified atom stereocenters. The van der Waals surface area contributed by atoms with Gasteiger partial charge in [-0.15, -0.1) is 0 Å². The fourth-order valence-electron chi connectivity index (χ4n) is 3.46. The Hall–Kier alpha value is -3.28. The first-order valence-corrected chi connectivity index (χ1v) is 12.6. The Balaban J connectivity index is 1.93. The molecule has 0 aliphatic heterocycles. The molecular weight excluding hydrogens is 542 g/mol. The van der Waals surface area contributed by atoms with E-state index in [2.05, 4.69) is 44.3 Å². The number of nitrogens with two attached hydrogens (primary N) is 1. The zero-order valence-electron chi connectivity index (χ0n) is 21.0. The van der Waals surface area contributed by atoms with E-state index in [-0.39, 0.29) is 16.8 Å². The van der Waals surface area contributed by atoms with Gasteiger partial charge in [0, 0.05) is 29.5 Å². The van der Waals surface area contributed by atoms with Crippen LogP contribution >= 0.6 is 23.2 Å². The third kappa shape index (κ3) is 8.11. The predicted octanol–water partition coefficient (Wildman–Crippen LogP) is 6.84. The van der Waals surface area contributed by atoms with E-state index in [4.69, 9.17) is 33.7 Å². The van der Waals surface area contributed by atoms with Crippen LogP contribution in [0.4, 0.5) is 36.3 Å². The molecule has 0 saturated carbocycles. The van der Waals surface area contributed by atoms with Crippen LogP contribution in [0.1, 0.15) is 32.0 Å². The van der Waals surface area contributed by atoms with E-state index in [1.54, 1.807) is 18.2 Å². The molecule has 2 aromatic carbocycles. The Kier molecular flexibility index (Phi) is 10.0. The molecule has 3 aromatic rings. The van der Waals surface area contributed by atoms with Crippen molar-refractivity contribution in [3.63, 3.8) is 0 Å². The average molecular weight is 570 g/mol. The van der Waals surface area contributed by atoms with Gasteiger partial charge in [0.1, 0.15) is 11.6 Å². The lowest BCUT2D eigenvalue weighted by molar-refractivity contribution is -0.141. The molecule has 4 N–H and O–H groups in total. The third-order valence-electron chi connectivity index (χ3n) is 5.34. The van der Waals surface area contributed by atoms with Crippen molar-refractivity contribution < 1.29 is 17.9 Å². The van der Waals surface area contributed by atoms with Gasteiger partial charge in [0.05, 0.1) is 16.7 Å². The summed E-state index contributed by atoms with van der Waals surface area (Å²) in [5.41, 5.74) is 6.56. The van der Waals surface area contributed by atoms with E-state index in [0.29, 0.717) is 35.3 Å². The highest BCUT2D eigenvalue weighted by Crippen LogP contribution is 2.32. The van der Waals surface area contributed by atoms with Crippen LogP contribution in [0.2, 0.25) is 10.0 Å². The molecule has 1 aromatic heterocycles. The molecule has 8 nitrogen and oxygen atoms in total. The van der Waals surface area contributed by atoms with Gasteiger partial charge >= 0.3 is 6.18 Å². The van der Waals surface area contributed by atoms with Gasteiger partial charge in [-0.25, -0.2) is 4.98 Å². The van der Waals surface area contributed by atoms with E-state index in [1.165, 1.54) is 12.1 Å². The molecule has 1 heterocycles. The summed E-state index contributed by atoms with van der Waals surface area (Å²) in [5.74, 6) is -0.126. The topological polar surface area (TPSA) is 101 Å². The fraction of sp³-hybridized carbons (Fsp3) is 0.320. The number of anilines is 3. The number of benzene rings is 2. The van der Waals surface area contributed by atoms with Crippen molar-refractivity contribution in [3.05, 3.63) is 63.8 Å². The molecule has 0 atom stereocenters. The van der Waals surface area contributed by atoms with Gasteiger partial charge in [0.15, 0.2) is 5.69 Å². The Morgan fingerprint density at radius 2 is 1.71 bits per heavy atom. The monoisotopic (exact) mass is 569 g/mol. The van der Waals surface area contributed by atoms with E-state index in [1.807, 2.05) is 13.0 Å². The van der Waals surface area contributed by atoms with Crippen molar-refractivity contribution in [2.24, 2.45) is 10.7 Å². The first-order valence-electron chi connectivity index (χ1n) is 11.8. The molecule has 38 heavy (non-hydrogen) atoms. The molecule has 0 fully saturated rings. The number of aliphatic imine (C=N–C) groups is 1. The number of rotatable bonds is 10.